The van der Waals surface area contributed by atoms with E-state index in [0.29, 0.717) is 32.2 Å². The van der Waals surface area contributed by atoms with Crippen molar-refractivity contribution in [1.82, 2.24) is 4.90 Å². The Labute approximate surface area is 198 Å². The van der Waals surface area contributed by atoms with Crippen molar-refractivity contribution in [3.8, 4) is 11.1 Å². The van der Waals surface area contributed by atoms with Crippen LogP contribution in [0.15, 0.2) is 34.6 Å². The molecule has 1 fully saturated rings. The summed E-state index contributed by atoms with van der Waals surface area (Å²) in [5, 5.41) is 11.9. The Morgan fingerprint density at radius 3 is 2.70 bits per heavy atom. The Bertz CT molecular complexity index is 1030. The van der Waals surface area contributed by atoms with Gasteiger partial charge in [-0.3, -0.25) is 14.5 Å². The molecule has 0 radical (unpaired) electrons. The number of allylic oxidation sites excluding steroid dienone is 1. The summed E-state index contributed by atoms with van der Waals surface area (Å²) >= 11 is 20.7. The molecule has 9 heteroatoms. The molecule has 1 aromatic carbocycles. The molecule has 0 spiro atoms. The lowest BCUT2D eigenvalue weighted by molar-refractivity contribution is -0.137. The van der Waals surface area contributed by atoms with Gasteiger partial charge in [-0.05, 0) is 60.5 Å². The zero-order valence-corrected chi connectivity index (χ0v) is 20.1. The Kier molecular flexibility index (Phi) is 7.98. The molecule has 2 aromatic rings. The van der Waals surface area contributed by atoms with Crippen molar-refractivity contribution in [3.05, 3.63) is 49.5 Å². The number of thiocarbonyl (C=S) groups is 1. The minimum atomic E-state index is -0.798. The quantitative estimate of drug-likeness (QED) is 0.241. The van der Waals surface area contributed by atoms with Gasteiger partial charge in [-0.2, -0.15) is 0 Å². The number of aliphatic carboxylic acids is 1. The van der Waals surface area contributed by atoms with E-state index in [1.807, 2.05) is 24.4 Å². The largest absolute Gasteiger partial charge is 0.481 e. The van der Waals surface area contributed by atoms with Crippen LogP contribution in [0.4, 0.5) is 0 Å². The molecule has 158 valence electrons. The second kappa shape index (κ2) is 10.3. The maximum absolute atomic E-state index is 12.9. The number of carbonyl (C=O) groups excluding carboxylic acids is 1. The molecule has 1 aliphatic rings. The number of thiophene rings is 1. The van der Waals surface area contributed by atoms with E-state index in [4.69, 9.17) is 40.5 Å². The van der Waals surface area contributed by atoms with Crippen molar-refractivity contribution in [3.63, 3.8) is 0 Å². The summed E-state index contributed by atoms with van der Waals surface area (Å²) in [6.07, 6.45) is 2.22. The van der Waals surface area contributed by atoms with E-state index in [-0.39, 0.29) is 12.3 Å². The minimum Gasteiger partial charge on any atom is -0.481 e. The average Bonchev–Trinajstić information content (AvgIpc) is 3.29. The molecule has 0 saturated carbocycles. The molecule has 0 atom stereocenters. The molecule has 3 rings (SSSR count). The fourth-order valence-corrected chi connectivity index (χ4v) is 5.78. The van der Waals surface area contributed by atoms with E-state index in [1.54, 1.807) is 28.4 Å². The van der Waals surface area contributed by atoms with Gasteiger partial charge in [-0.1, -0.05) is 53.6 Å². The van der Waals surface area contributed by atoms with Crippen LogP contribution in [0.3, 0.4) is 0 Å². The predicted octanol–water partition coefficient (Wildman–Crippen LogP) is 6.96. The summed E-state index contributed by atoms with van der Waals surface area (Å²) in [6.45, 7) is 2.43. The molecule has 0 aliphatic carbocycles. The average molecular weight is 500 g/mol. The third-order valence-electron chi connectivity index (χ3n) is 4.67. The molecular formula is C21H19Cl2NO3S3. The fourth-order valence-electron chi connectivity index (χ4n) is 3.05. The number of thioether (sulfide) groups is 1. The topological polar surface area (TPSA) is 57.6 Å². The van der Waals surface area contributed by atoms with Crippen LogP contribution in [0.1, 0.15) is 37.5 Å². The van der Waals surface area contributed by atoms with Crippen LogP contribution in [-0.4, -0.2) is 32.7 Å². The van der Waals surface area contributed by atoms with Gasteiger partial charge in [0.1, 0.15) is 4.32 Å². The number of carbonyl (C=O) groups is 2. The maximum atomic E-state index is 12.9. The highest BCUT2D eigenvalue weighted by Crippen LogP contribution is 2.40. The Morgan fingerprint density at radius 1 is 1.20 bits per heavy atom. The highest BCUT2D eigenvalue weighted by molar-refractivity contribution is 8.26. The zero-order valence-electron chi connectivity index (χ0n) is 16.1. The molecule has 2 heterocycles. The standard InChI is InChI=1S/C21H19Cl2NO3S3/c1-12(17-9-13(11-29-17)15-10-14(22)6-7-16(15)23)19-20(27)24(21(28)30-19)8-4-2-3-5-18(25)26/h6-7,9-11H,2-5,8H2,1H3,(H,25,26)/b19-12-. The number of amides is 1. The van der Waals surface area contributed by atoms with Gasteiger partial charge in [0.05, 0.1) is 4.91 Å². The SMILES string of the molecule is C/C(=C1/SC(=S)N(CCCCCC(=O)O)C1=O)c1cc(-c2cc(Cl)ccc2Cl)cs1. The van der Waals surface area contributed by atoms with Gasteiger partial charge in [0.2, 0.25) is 0 Å². The lowest BCUT2D eigenvalue weighted by Crippen LogP contribution is -2.29. The van der Waals surface area contributed by atoms with Gasteiger partial charge in [0.15, 0.2) is 0 Å². The van der Waals surface area contributed by atoms with Crippen molar-refractivity contribution < 1.29 is 14.7 Å². The van der Waals surface area contributed by atoms with Crippen LogP contribution in [0, 0.1) is 0 Å². The number of carboxylic acids is 1. The Balaban J connectivity index is 1.73. The second-order valence-electron chi connectivity index (χ2n) is 6.81. The summed E-state index contributed by atoms with van der Waals surface area (Å²) in [5.74, 6) is -0.884. The van der Waals surface area contributed by atoms with E-state index in [9.17, 15) is 9.59 Å². The highest BCUT2D eigenvalue weighted by Gasteiger charge is 2.33. The van der Waals surface area contributed by atoms with Crippen LogP contribution < -0.4 is 0 Å². The van der Waals surface area contributed by atoms with Gasteiger partial charge in [-0.15, -0.1) is 11.3 Å². The monoisotopic (exact) mass is 499 g/mol. The highest BCUT2D eigenvalue weighted by atomic mass is 35.5. The summed E-state index contributed by atoms with van der Waals surface area (Å²) < 4.78 is 0.544. The van der Waals surface area contributed by atoms with Crippen LogP contribution >= 0.6 is 58.5 Å². The summed E-state index contributed by atoms with van der Waals surface area (Å²) in [4.78, 5) is 26.7. The lowest BCUT2D eigenvalue weighted by atomic mass is 10.1. The molecule has 4 nitrogen and oxygen atoms in total. The van der Waals surface area contributed by atoms with Gasteiger partial charge >= 0.3 is 5.97 Å². The first-order chi connectivity index (χ1) is 14.3. The molecule has 1 aromatic heterocycles. The molecule has 0 bridgehead atoms. The number of unbranched alkanes of at least 4 members (excludes halogenated alkanes) is 2. The van der Waals surface area contributed by atoms with E-state index < -0.39 is 5.97 Å². The molecule has 1 amide bonds. The first-order valence-corrected chi connectivity index (χ1v) is 12.1. The summed E-state index contributed by atoms with van der Waals surface area (Å²) in [6, 6.07) is 7.36. The maximum Gasteiger partial charge on any atom is 0.303 e. The third-order valence-corrected chi connectivity index (χ3v) is 7.84. The first kappa shape index (κ1) is 23.3. The normalized spacial score (nSPS) is 15.8. The van der Waals surface area contributed by atoms with Gasteiger partial charge in [0, 0.05) is 33.5 Å². The van der Waals surface area contributed by atoms with Crippen LogP contribution in [0.2, 0.25) is 10.0 Å². The zero-order chi connectivity index (χ0) is 21.8. The van der Waals surface area contributed by atoms with Gasteiger partial charge in [-0.25, -0.2) is 0 Å². The number of halogens is 2. The van der Waals surface area contributed by atoms with E-state index in [2.05, 4.69) is 0 Å². The summed E-state index contributed by atoms with van der Waals surface area (Å²) in [5.41, 5.74) is 2.69. The van der Waals surface area contributed by atoms with Crippen molar-refractivity contribution in [1.29, 1.82) is 0 Å². The van der Waals surface area contributed by atoms with E-state index in [1.165, 1.54) is 11.8 Å². The predicted molar refractivity (Wildman–Crippen MR) is 130 cm³/mol. The molecular weight excluding hydrogens is 481 g/mol. The molecule has 30 heavy (non-hydrogen) atoms. The molecule has 1 saturated heterocycles. The number of hydrogen-bond acceptors (Lipinski definition) is 5. The van der Waals surface area contributed by atoms with Crippen molar-refractivity contribution in [2.45, 2.75) is 32.6 Å². The third kappa shape index (κ3) is 5.45. The molecule has 0 unspecified atom stereocenters. The Morgan fingerprint density at radius 2 is 1.97 bits per heavy atom. The number of carboxylic acid groups (broad SMARTS) is 1. The number of nitrogens with zero attached hydrogens (tertiary/aromatic N) is 1. The smallest absolute Gasteiger partial charge is 0.303 e. The summed E-state index contributed by atoms with van der Waals surface area (Å²) in [7, 11) is 0. The van der Waals surface area contributed by atoms with Crippen LogP contribution in [0.25, 0.3) is 16.7 Å². The second-order valence-corrected chi connectivity index (χ2v) is 10.2. The van der Waals surface area contributed by atoms with Crippen LogP contribution in [0.5, 0.6) is 0 Å². The van der Waals surface area contributed by atoms with Crippen molar-refractivity contribution in [2.75, 3.05) is 6.54 Å². The number of benzene rings is 1. The van der Waals surface area contributed by atoms with Crippen molar-refractivity contribution in [2.24, 2.45) is 0 Å². The fraction of sp³-hybridized carbons (Fsp3) is 0.286. The molecule has 1 aliphatic heterocycles. The van der Waals surface area contributed by atoms with Gasteiger partial charge < -0.3 is 5.11 Å². The van der Waals surface area contributed by atoms with E-state index in [0.717, 1.165) is 34.4 Å². The van der Waals surface area contributed by atoms with Crippen LogP contribution in [-0.2, 0) is 9.59 Å². The molecule has 1 N–H and O–H groups in total. The number of rotatable bonds is 8. The van der Waals surface area contributed by atoms with Crippen molar-refractivity contribution >= 4 is 80.3 Å². The Hall–Kier alpha value is -1.38. The first-order valence-electron chi connectivity index (χ1n) is 9.28. The number of hydrogen-bond donors (Lipinski definition) is 1. The lowest BCUT2D eigenvalue weighted by Gasteiger charge is -2.14. The van der Waals surface area contributed by atoms with Gasteiger partial charge in [0.25, 0.3) is 5.91 Å². The minimum absolute atomic E-state index is 0.0866. The van der Waals surface area contributed by atoms with E-state index >= 15 is 0 Å².